The third-order valence-electron chi connectivity index (χ3n) is 2.49. The number of aliphatic hydroxyl groups is 1. The fraction of sp³-hybridized carbons (Fsp3) is 0.846. The molecule has 0 spiro atoms. The second-order valence-electron chi connectivity index (χ2n) is 4.02. The number of esters is 1. The van der Waals surface area contributed by atoms with Crippen LogP contribution < -0.4 is 0 Å². The Morgan fingerprint density at radius 3 is 2.12 bits per heavy atom. The highest BCUT2D eigenvalue weighted by Gasteiger charge is 2.01. The summed E-state index contributed by atoms with van der Waals surface area (Å²) in [7, 11) is 0. The highest BCUT2D eigenvalue weighted by molar-refractivity contribution is 5.69. The molecule has 0 rings (SSSR count). The van der Waals surface area contributed by atoms with Crippen LogP contribution in [0.4, 0.5) is 0 Å². The van der Waals surface area contributed by atoms with Gasteiger partial charge in [-0.2, -0.15) is 0 Å². The average molecular weight is 229 g/mol. The van der Waals surface area contributed by atoms with E-state index in [1.807, 2.05) is 0 Å². The fourth-order valence-electron chi connectivity index (χ4n) is 1.56. The molecule has 0 aliphatic rings. The summed E-state index contributed by atoms with van der Waals surface area (Å²) in [5.41, 5.74) is 0. The van der Waals surface area contributed by atoms with Crippen molar-refractivity contribution in [2.45, 2.75) is 57.8 Å². The molecular weight excluding hydrogens is 204 g/mol. The van der Waals surface area contributed by atoms with E-state index in [4.69, 9.17) is 9.84 Å². The number of aliphatic hydroxyl groups excluding tert-OH is 1. The predicted octanol–water partition coefficient (Wildman–Crippen LogP) is 2.87. The van der Waals surface area contributed by atoms with E-state index in [1.54, 1.807) is 0 Å². The average Bonchev–Trinajstić information content (AvgIpc) is 2.30. The Labute approximate surface area is 99.2 Å². The topological polar surface area (TPSA) is 46.5 Å². The van der Waals surface area contributed by atoms with Gasteiger partial charge < -0.3 is 9.84 Å². The van der Waals surface area contributed by atoms with Crippen LogP contribution >= 0.6 is 0 Å². The number of rotatable bonds is 11. The molecule has 0 aromatic rings. The minimum Gasteiger partial charge on any atom is -0.463 e. The van der Waals surface area contributed by atoms with E-state index in [2.05, 4.69) is 6.92 Å². The molecule has 0 atom stereocenters. The van der Waals surface area contributed by atoms with Gasteiger partial charge in [-0.25, -0.2) is 0 Å². The van der Waals surface area contributed by atoms with Gasteiger partial charge in [0.05, 0.1) is 6.61 Å². The lowest BCUT2D eigenvalue weighted by molar-refractivity contribution is -0.144. The smallest absolute Gasteiger partial charge is 0.305 e. The maximum atomic E-state index is 11.0. The fourth-order valence-corrected chi connectivity index (χ4v) is 1.56. The molecule has 0 saturated heterocycles. The van der Waals surface area contributed by atoms with Crippen LogP contribution in [0, 0.1) is 6.92 Å². The molecule has 0 amide bonds. The zero-order chi connectivity index (χ0) is 12.1. The molecule has 0 unspecified atom stereocenters. The first-order chi connectivity index (χ1) is 7.81. The SMILES string of the molecule is [CH2]CCCCCCCCCC(=O)OCCO. The van der Waals surface area contributed by atoms with Crippen molar-refractivity contribution in [3.63, 3.8) is 0 Å². The summed E-state index contributed by atoms with van der Waals surface area (Å²) in [5.74, 6) is -0.189. The maximum Gasteiger partial charge on any atom is 0.305 e. The van der Waals surface area contributed by atoms with Crippen molar-refractivity contribution in [3.8, 4) is 0 Å². The van der Waals surface area contributed by atoms with Gasteiger partial charge in [-0.3, -0.25) is 4.79 Å². The van der Waals surface area contributed by atoms with Gasteiger partial charge in [0, 0.05) is 6.42 Å². The Morgan fingerprint density at radius 1 is 1.00 bits per heavy atom. The molecule has 1 N–H and O–H groups in total. The molecule has 0 aromatic heterocycles. The van der Waals surface area contributed by atoms with Gasteiger partial charge in [-0.15, -0.1) is 0 Å². The highest BCUT2D eigenvalue weighted by Crippen LogP contribution is 2.09. The number of ether oxygens (including phenoxy) is 1. The van der Waals surface area contributed by atoms with Crippen LogP contribution in [0.1, 0.15) is 57.8 Å². The second-order valence-corrected chi connectivity index (χ2v) is 4.02. The third kappa shape index (κ3) is 11.5. The van der Waals surface area contributed by atoms with E-state index >= 15 is 0 Å². The molecule has 0 aliphatic carbocycles. The number of carbonyl (C=O) groups excluding carboxylic acids is 1. The van der Waals surface area contributed by atoms with E-state index in [1.165, 1.54) is 32.1 Å². The van der Waals surface area contributed by atoms with Gasteiger partial charge in [-0.05, 0) is 6.42 Å². The van der Waals surface area contributed by atoms with Gasteiger partial charge in [0.2, 0.25) is 0 Å². The number of hydrogen-bond acceptors (Lipinski definition) is 3. The molecule has 0 aromatic carbocycles. The number of carbonyl (C=O) groups is 1. The Morgan fingerprint density at radius 2 is 1.56 bits per heavy atom. The highest BCUT2D eigenvalue weighted by atomic mass is 16.5. The summed E-state index contributed by atoms with van der Waals surface area (Å²) < 4.78 is 4.75. The van der Waals surface area contributed by atoms with Gasteiger partial charge in [0.1, 0.15) is 6.61 Å². The Hall–Kier alpha value is -0.570. The van der Waals surface area contributed by atoms with Crippen LogP contribution in [-0.2, 0) is 9.53 Å². The van der Waals surface area contributed by atoms with Crippen molar-refractivity contribution in [2.75, 3.05) is 13.2 Å². The quantitative estimate of drug-likeness (QED) is 0.438. The molecule has 3 heteroatoms. The third-order valence-corrected chi connectivity index (χ3v) is 2.49. The van der Waals surface area contributed by atoms with Crippen molar-refractivity contribution < 1.29 is 14.6 Å². The first-order valence-corrected chi connectivity index (χ1v) is 6.37. The van der Waals surface area contributed by atoms with E-state index < -0.39 is 0 Å². The minimum atomic E-state index is -0.189. The molecule has 1 radical (unpaired) electrons. The van der Waals surface area contributed by atoms with E-state index in [0.717, 1.165) is 19.3 Å². The summed E-state index contributed by atoms with van der Waals surface area (Å²) in [6.45, 7) is 3.85. The lowest BCUT2D eigenvalue weighted by Crippen LogP contribution is -2.07. The standard InChI is InChI=1S/C13H25O3/c1-2-3-4-5-6-7-8-9-10-13(15)16-12-11-14/h14H,1-12H2. The van der Waals surface area contributed by atoms with Crippen LogP contribution in [0.25, 0.3) is 0 Å². The van der Waals surface area contributed by atoms with Crippen molar-refractivity contribution in [1.29, 1.82) is 0 Å². The van der Waals surface area contributed by atoms with Crippen LogP contribution in [0.2, 0.25) is 0 Å². The minimum absolute atomic E-state index is 0.0853. The van der Waals surface area contributed by atoms with E-state index in [-0.39, 0.29) is 19.2 Å². The Bertz CT molecular complexity index is 157. The van der Waals surface area contributed by atoms with Crippen molar-refractivity contribution in [1.82, 2.24) is 0 Å². The molecule has 0 bridgehead atoms. The Kier molecular flexibility index (Phi) is 12.1. The summed E-state index contributed by atoms with van der Waals surface area (Å²) in [6, 6.07) is 0. The van der Waals surface area contributed by atoms with Crippen LogP contribution in [0.5, 0.6) is 0 Å². The van der Waals surface area contributed by atoms with Gasteiger partial charge >= 0.3 is 5.97 Å². The van der Waals surface area contributed by atoms with E-state index in [0.29, 0.717) is 6.42 Å². The van der Waals surface area contributed by atoms with Gasteiger partial charge in [-0.1, -0.05) is 51.9 Å². The molecular formula is C13H25O3. The van der Waals surface area contributed by atoms with Crippen LogP contribution in [-0.4, -0.2) is 24.3 Å². The summed E-state index contributed by atoms with van der Waals surface area (Å²) in [5, 5.41) is 8.45. The molecule has 16 heavy (non-hydrogen) atoms. The molecule has 95 valence electrons. The van der Waals surface area contributed by atoms with Crippen molar-refractivity contribution in [2.24, 2.45) is 0 Å². The summed E-state index contributed by atoms with van der Waals surface area (Å²) >= 11 is 0. The molecule has 0 heterocycles. The van der Waals surface area contributed by atoms with Crippen molar-refractivity contribution >= 4 is 5.97 Å². The lowest BCUT2D eigenvalue weighted by Gasteiger charge is -2.03. The largest absolute Gasteiger partial charge is 0.463 e. The molecule has 0 fully saturated rings. The number of unbranched alkanes of at least 4 members (excludes halogenated alkanes) is 7. The molecule has 0 saturated carbocycles. The Balaban J connectivity index is 3.05. The molecule has 3 nitrogen and oxygen atoms in total. The monoisotopic (exact) mass is 229 g/mol. The van der Waals surface area contributed by atoms with Gasteiger partial charge in [0.15, 0.2) is 0 Å². The number of hydrogen-bond donors (Lipinski definition) is 1. The van der Waals surface area contributed by atoms with Crippen LogP contribution in [0.15, 0.2) is 0 Å². The lowest BCUT2D eigenvalue weighted by atomic mass is 10.1. The van der Waals surface area contributed by atoms with Gasteiger partial charge in [0.25, 0.3) is 0 Å². The zero-order valence-electron chi connectivity index (χ0n) is 10.2. The zero-order valence-corrected chi connectivity index (χ0v) is 10.2. The van der Waals surface area contributed by atoms with E-state index in [9.17, 15) is 4.79 Å². The maximum absolute atomic E-state index is 11.0. The van der Waals surface area contributed by atoms with Crippen molar-refractivity contribution in [3.05, 3.63) is 6.92 Å². The second kappa shape index (κ2) is 12.5. The first kappa shape index (κ1) is 15.4. The summed E-state index contributed by atoms with van der Waals surface area (Å²) in [6.07, 6.45) is 9.77. The van der Waals surface area contributed by atoms with Crippen LogP contribution in [0.3, 0.4) is 0 Å². The normalized spacial score (nSPS) is 10.4. The predicted molar refractivity (Wildman–Crippen MR) is 65.0 cm³/mol. The molecule has 0 aliphatic heterocycles. The first-order valence-electron chi connectivity index (χ1n) is 6.37. The summed E-state index contributed by atoms with van der Waals surface area (Å²) in [4.78, 5) is 11.0.